The molecule has 2 heterocycles. The number of hydrogen-bond donors (Lipinski definition) is 7. The van der Waals surface area contributed by atoms with Gasteiger partial charge in [-0.1, -0.05) is 6.92 Å². The Kier molecular flexibility index (Phi) is 9.32. The number of carbonyl (C=O) groups is 1. The van der Waals surface area contributed by atoms with E-state index in [0.717, 1.165) is 0 Å². The van der Waals surface area contributed by atoms with Crippen LogP contribution in [0.5, 0.6) is 0 Å². The predicted molar refractivity (Wildman–Crippen MR) is 93.6 cm³/mol. The molecule has 2 saturated heterocycles. The zero-order valence-electron chi connectivity index (χ0n) is 16.4. The van der Waals surface area contributed by atoms with E-state index in [-0.39, 0.29) is 26.2 Å². The predicted octanol–water partition coefficient (Wildman–Crippen LogP) is -4.42. The highest BCUT2D eigenvalue weighted by Gasteiger charge is 2.58. The molecular formula is C17H30O13. The lowest BCUT2D eigenvalue weighted by atomic mass is 9.99. The van der Waals surface area contributed by atoms with Gasteiger partial charge in [-0.25, -0.2) is 0 Å². The summed E-state index contributed by atoms with van der Waals surface area (Å²) in [6.07, 6.45) is -12.4. The second-order valence-electron chi connectivity index (χ2n) is 7.03. The monoisotopic (exact) mass is 442 g/mol. The fourth-order valence-corrected chi connectivity index (χ4v) is 3.13. The Labute approximate surface area is 172 Å². The van der Waals surface area contributed by atoms with Crippen molar-refractivity contribution >= 4 is 5.97 Å². The normalized spacial score (nSPS) is 41.7. The van der Waals surface area contributed by atoms with Gasteiger partial charge in [-0.05, 0) is 0 Å². The molecule has 0 aliphatic carbocycles. The van der Waals surface area contributed by atoms with E-state index in [1.54, 1.807) is 6.92 Å². The molecular weight excluding hydrogens is 412 g/mol. The molecule has 3 unspecified atom stereocenters. The van der Waals surface area contributed by atoms with Crippen molar-refractivity contribution in [1.82, 2.24) is 0 Å². The average molecular weight is 442 g/mol. The van der Waals surface area contributed by atoms with E-state index in [2.05, 4.69) is 0 Å². The number of aliphatic hydroxyl groups excluding tert-OH is 7. The maximum absolute atomic E-state index is 11.1. The van der Waals surface area contributed by atoms with Crippen molar-refractivity contribution in [3.63, 3.8) is 0 Å². The number of carbonyl (C=O) groups excluding carboxylic acids is 1. The van der Waals surface area contributed by atoms with Crippen molar-refractivity contribution in [3.8, 4) is 0 Å². The third-order valence-corrected chi connectivity index (χ3v) is 4.95. The van der Waals surface area contributed by atoms with Gasteiger partial charge in [-0.2, -0.15) is 0 Å². The Balaban J connectivity index is 1.97. The Morgan fingerprint density at radius 2 is 1.67 bits per heavy atom. The van der Waals surface area contributed by atoms with Crippen LogP contribution < -0.4 is 0 Å². The number of rotatable bonds is 10. The van der Waals surface area contributed by atoms with Crippen LogP contribution in [0.15, 0.2) is 0 Å². The fraction of sp³-hybridized carbons (Fsp3) is 0.941. The molecule has 7 N–H and O–H groups in total. The molecule has 0 aromatic carbocycles. The summed E-state index contributed by atoms with van der Waals surface area (Å²) in [7, 11) is 0. The molecule has 2 fully saturated rings. The van der Waals surface area contributed by atoms with Crippen molar-refractivity contribution < 1.29 is 64.2 Å². The Morgan fingerprint density at radius 3 is 2.27 bits per heavy atom. The van der Waals surface area contributed by atoms with Crippen molar-refractivity contribution in [2.75, 3.05) is 33.0 Å². The average Bonchev–Trinajstić information content (AvgIpc) is 2.98. The second kappa shape index (κ2) is 11.1. The summed E-state index contributed by atoms with van der Waals surface area (Å²) in [5, 5.41) is 69.3. The maximum atomic E-state index is 11.1. The quantitative estimate of drug-likeness (QED) is 0.126. The van der Waals surface area contributed by atoms with Crippen molar-refractivity contribution in [2.24, 2.45) is 0 Å². The van der Waals surface area contributed by atoms with Gasteiger partial charge >= 0.3 is 5.97 Å². The van der Waals surface area contributed by atoms with Gasteiger partial charge in [-0.15, -0.1) is 0 Å². The summed E-state index contributed by atoms with van der Waals surface area (Å²) >= 11 is 0. The van der Waals surface area contributed by atoms with Crippen LogP contribution in [0, 0.1) is 0 Å². The summed E-state index contributed by atoms with van der Waals surface area (Å²) in [5.41, 5.74) is 0. The molecule has 0 aromatic rings. The molecule has 2 rings (SSSR count). The summed E-state index contributed by atoms with van der Waals surface area (Å²) in [6, 6.07) is 0. The highest BCUT2D eigenvalue weighted by atomic mass is 16.8. The van der Waals surface area contributed by atoms with Crippen molar-refractivity contribution in [2.45, 2.75) is 68.1 Å². The van der Waals surface area contributed by atoms with Crippen LogP contribution in [0.4, 0.5) is 0 Å². The summed E-state index contributed by atoms with van der Waals surface area (Å²) in [4.78, 5) is 11.1. The maximum Gasteiger partial charge on any atom is 0.305 e. The number of aliphatic hydroxyl groups is 7. The van der Waals surface area contributed by atoms with Crippen LogP contribution in [0.2, 0.25) is 0 Å². The van der Waals surface area contributed by atoms with Gasteiger partial charge in [0.2, 0.25) is 5.79 Å². The zero-order chi connectivity index (χ0) is 22.5. The first-order valence-corrected chi connectivity index (χ1v) is 9.57. The van der Waals surface area contributed by atoms with Gasteiger partial charge in [0.15, 0.2) is 6.29 Å². The molecule has 0 saturated carbocycles. The number of ether oxygens (including phenoxy) is 5. The van der Waals surface area contributed by atoms with Gasteiger partial charge in [0.05, 0.1) is 19.8 Å². The molecule has 2 aliphatic rings. The van der Waals surface area contributed by atoms with Crippen LogP contribution in [-0.2, 0) is 28.5 Å². The summed E-state index contributed by atoms with van der Waals surface area (Å²) in [6.45, 7) is -0.315. The Bertz CT molecular complexity index is 546. The molecule has 0 aromatic heterocycles. The van der Waals surface area contributed by atoms with E-state index >= 15 is 0 Å². The highest BCUT2D eigenvalue weighted by Crippen LogP contribution is 2.36. The van der Waals surface area contributed by atoms with E-state index < -0.39 is 74.0 Å². The van der Waals surface area contributed by atoms with Crippen LogP contribution in [0.1, 0.15) is 13.3 Å². The first-order valence-electron chi connectivity index (χ1n) is 9.57. The van der Waals surface area contributed by atoms with E-state index in [9.17, 15) is 40.5 Å². The summed E-state index contributed by atoms with van der Waals surface area (Å²) in [5.74, 6) is -2.64. The van der Waals surface area contributed by atoms with Crippen LogP contribution in [0.25, 0.3) is 0 Å². The Morgan fingerprint density at radius 1 is 0.967 bits per heavy atom. The first-order chi connectivity index (χ1) is 14.2. The minimum Gasteiger partial charge on any atom is -0.463 e. The SMILES string of the molecule is CCC(=O)OCCOC[C@H]1O[C@@](CO)(O[C@H]2OC(CO)[C@@H](O)[C@H](O)C2O)C(O)[C@H]1O. The molecule has 30 heavy (non-hydrogen) atoms. The molecule has 0 bridgehead atoms. The molecule has 176 valence electrons. The molecule has 0 spiro atoms. The van der Waals surface area contributed by atoms with Crippen molar-refractivity contribution in [3.05, 3.63) is 0 Å². The minimum atomic E-state index is -2.24. The number of hydrogen-bond acceptors (Lipinski definition) is 13. The lowest BCUT2D eigenvalue weighted by Crippen LogP contribution is -2.62. The van der Waals surface area contributed by atoms with E-state index in [0.29, 0.717) is 0 Å². The van der Waals surface area contributed by atoms with E-state index in [4.69, 9.17) is 23.7 Å². The topological polar surface area (TPSA) is 205 Å². The third kappa shape index (κ3) is 5.44. The largest absolute Gasteiger partial charge is 0.463 e. The van der Waals surface area contributed by atoms with Crippen LogP contribution in [0.3, 0.4) is 0 Å². The molecule has 9 atom stereocenters. The Hall–Kier alpha value is -0.970. The smallest absolute Gasteiger partial charge is 0.305 e. The molecule has 13 nitrogen and oxygen atoms in total. The molecule has 0 radical (unpaired) electrons. The zero-order valence-corrected chi connectivity index (χ0v) is 16.4. The van der Waals surface area contributed by atoms with E-state index in [1.807, 2.05) is 0 Å². The lowest BCUT2D eigenvalue weighted by molar-refractivity contribution is -0.383. The van der Waals surface area contributed by atoms with Gasteiger partial charge in [-0.3, -0.25) is 4.79 Å². The third-order valence-electron chi connectivity index (χ3n) is 4.95. The first kappa shape index (κ1) is 25.3. The van der Waals surface area contributed by atoms with Gasteiger partial charge < -0.3 is 59.4 Å². The van der Waals surface area contributed by atoms with Crippen LogP contribution >= 0.6 is 0 Å². The van der Waals surface area contributed by atoms with Crippen molar-refractivity contribution in [1.29, 1.82) is 0 Å². The second-order valence-corrected chi connectivity index (χ2v) is 7.03. The highest BCUT2D eigenvalue weighted by molar-refractivity contribution is 5.68. The fourth-order valence-electron chi connectivity index (χ4n) is 3.13. The van der Waals surface area contributed by atoms with Gasteiger partial charge in [0, 0.05) is 6.42 Å². The van der Waals surface area contributed by atoms with Crippen LogP contribution in [-0.4, -0.2) is 130 Å². The van der Waals surface area contributed by atoms with Gasteiger partial charge in [0.1, 0.15) is 55.9 Å². The molecule has 0 amide bonds. The molecule has 2 aliphatic heterocycles. The molecule has 13 heteroatoms. The summed E-state index contributed by atoms with van der Waals surface area (Å²) < 4.78 is 26.1. The minimum absolute atomic E-state index is 0.00584. The number of esters is 1. The van der Waals surface area contributed by atoms with Gasteiger partial charge in [0.25, 0.3) is 0 Å². The lowest BCUT2D eigenvalue weighted by Gasteiger charge is -2.43. The standard InChI is InChI=1S/C17H30O13/c1-2-10(20)27-4-3-26-6-9-12(22)15(25)17(7-19,29-9)30-16-14(24)13(23)11(21)8(5-18)28-16/h8-9,11-16,18-19,21-25H,2-7H2,1H3/t8?,9-,11-,12+,13+,14?,15?,16-,17+/m1/s1. The van der Waals surface area contributed by atoms with E-state index in [1.165, 1.54) is 0 Å².